The zero-order valence-electron chi connectivity index (χ0n) is 55.8. The number of thiophene rings is 2. The van der Waals surface area contributed by atoms with Crippen LogP contribution >= 0.6 is 22.7 Å². The highest BCUT2D eigenvalue weighted by Gasteiger charge is 2.45. The number of fused-ring (bicyclic) bond motifs is 18. The minimum absolute atomic E-state index is 0.217. The van der Waals surface area contributed by atoms with Gasteiger partial charge in [0.1, 0.15) is 11.5 Å². The maximum absolute atomic E-state index is 7.70. The second-order valence-electron chi connectivity index (χ2n) is 30.6. The van der Waals surface area contributed by atoms with Gasteiger partial charge in [0, 0.05) is 124 Å². The summed E-state index contributed by atoms with van der Waals surface area (Å²) in [5, 5.41) is 10.2. The Morgan fingerprint density at radius 1 is 0.368 bits per heavy atom. The van der Waals surface area contributed by atoms with Gasteiger partial charge in [-0.05, 0) is 141 Å². The van der Waals surface area contributed by atoms with E-state index in [1.165, 1.54) is 95.0 Å². The van der Waals surface area contributed by atoms with E-state index >= 15 is 0 Å². The normalized spacial score (nSPS) is 13.5. The van der Waals surface area contributed by atoms with Crippen molar-refractivity contribution in [1.29, 1.82) is 0 Å². The number of anilines is 3. The molecule has 2 aliphatic rings. The first kappa shape index (κ1) is 57.8. The van der Waals surface area contributed by atoms with E-state index in [4.69, 9.17) is 14.7 Å². The molecule has 0 bridgehead atoms. The van der Waals surface area contributed by atoms with Crippen molar-refractivity contribution in [3.05, 3.63) is 241 Å². The molecule has 0 fully saturated rings. The Labute approximate surface area is 562 Å². The van der Waals surface area contributed by atoms with Gasteiger partial charge >= 0.3 is 0 Å². The number of ether oxygens (including phenoxy) is 1. The third kappa shape index (κ3) is 8.81. The molecular weight excluding hydrogens is 1190 g/mol. The average Bonchev–Trinajstić information content (AvgIpc) is 1.29. The molecule has 95 heavy (non-hydrogen) atoms. The van der Waals surface area contributed by atoms with Gasteiger partial charge in [-0.25, -0.2) is 0 Å². The minimum atomic E-state index is -0.283. The average molecular weight is 1270 g/mol. The van der Waals surface area contributed by atoms with Crippen LogP contribution in [0.5, 0.6) is 11.5 Å². The fourth-order valence-electron chi connectivity index (χ4n) is 15.4. The zero-order chi connectivity index (χ0) is 64.9. The summed E-state index contributed by atoms with van der Waals surface area (Å²) in [6.07, 6.45) is 0. The number of nitrogens with zero attached hydrogens (tertiary/aromatic N) is 5. The van der Waals surface area contributed by atoms with E-state index in [1.54, 1.807) is 0 Å². The van der Waals surface area contributed by atoms with Gasteiger partial charge in [-0.15, -0.1) is 22.7 Å². The van der Waals surface area contributed by atoms with Gasteiger partial charge in [-0.2, -0.15) is 0 Å². The quantitative estimate of drug-likeness (QED) is 0.161. The van der Waals surface area contributed by atoms with Crippen molar-refractivity contribution < 1.29 is 4.74 Å². The molecule has 9 heteroatoms. The maximum atomic E-state index is 7.70. The standard InChI is InChI=1S/C86H72BN5OS2/c1-83(2,3)49-43-59(63-27-21-33-75(88-63)85(7,8)9)80(60(44-49)64-28-22-34-76(89-64)86(10,11)12)92-69-47-51(90-65-29-17-13-25-57(65)77-67(90)41-37-55-53-23-15-19-31-73(53)94-81(55)77)35-39-61(69)87-62-40-36-52(48-71(62)93-72-46-50(84(4,5)6)45-70(92)79(72)87)91-66-30-18-14-26-58(66)78-68(91)42-38-56-54-24-16-20-32-74(54)95-82(56)78/h13-48H,1-12H3. The van der Waals surface area contributed by atoms with Gasteiger partial charge < -0.3 is 18.8 Å². The molecule has 8 heterocycles. The Hall–Kier alpha value is -9.80. The van der Waals surface area contributed by atoms with E-state index in [0.29, 0.717) is 0 Å². The lowest BCUT2D eigenvalue weighted by Crippen LogP contribution is -2.59. The lowest BCUT2D eigenvalue weighted by atomic mass is 9.34. The van der Waals surface area contributed by atoms with Crippen LogP contribution < -0.4 is 26.0 Å². The summed E-state index contributed by atoms with van der Waals surface area (Å²) >= 11 is 3.79. The van der Waals surface area contributed by atoms with Gasteiger partial charge in [0.15, 0.2) is 0 Å². The molecular formula is C86H72BN5OS2. The Morgan fingerprint density at radius 2 is 0.842 bits per heavy atom. The molecule has 6 nitrogen and oxygen atoms in total. The number of hydrogen-bond acceptors (Lipinski definition) is 6. The topological polar surface area (TPSA) is 48.1 Å². The monoisotopic (exact) mass is 1270 g/mol. The van der Waals surface area contributed by atoms with Crippen LogP contribution in [0, 0.1) is 0 Å². The van der Waals surface area contributed by atoms with E-state index in [-0.39, 0.29) is 28.4 Å². The first-order chi connectivity index (χ1) is 45.6. The van der Waals surface area contributed by atoms with Crippen molar-refractivity contribution >= 4 is 147 Å². The first-order valence-electron chi connectivity index (χ1n) is 33.4. The van der Waals surface area contributed by atoms with E-state index < -0.39 is 0 Å². The number of rotatable bonds is 5. The highest BCUT2D eigenvalue weighted by Crippen LogP contribution is 2.53. The van der Waals surface area contributed by atoms with Crippen molar-refractivity contribution in [2.75, 3.05) is 4.90 Å². The molecule has 10 aromatic carbocycles. The van der Waals surface area contributed by atoms with Crippen LogP contribution in [0.15, 0.2) is 218 Å². The predicted octanol–water partition coefficient (Wildman–Crippen LogP) is 22.3. The van der Waals surface area contributed by atoms with Crippen LogP contribution in [0.2, 0.25) is 0 Å². The molecule has 0 aliphatic carbocycles. The van der Waals surface area contributed by atoms with Gasteiger partial charge in [0.05, 0.1) is 39.1 Å². The van der Waals surface area contributed by atoms with Crippen molar-refractivity contribution in [3.63, 3.8) is 0 Å². The fraction of sp³-hybridized carbons (Fsp3) is 0.186. The molecule has 2 aliphatic heterocycles. The molecule has 0 saturated heterocycles. The molecule has 6 aromatic heterocycles. The first-order valence-corrected chi connectivity index (χ1v) is 35.0. The van der Waals surface area contributed by atoms with Crippen molar-refractivity contribution in [2.45, 2.75) is 105 Å². The number of pyridine rings is 2. The molecule has 0 atom stereocenters. The highest BCUT2D eigenvalue weighted by atomic mass is 32.1. The van der Waals surface area contributed by atoms with E-state index in [2.05, 4.69) is 316 Å². The summed E-state index contributed by atoms with van der Waals surface area (Å²) in [6, 6.07) is 82.3. The summed E-state index contributed by atoms with van der Waals surface area (Å²) in [6.45, 7) is 27.3. The second kappa shape index (κ2) is 20.4. The van der Waals surface area contributed by atoms with E-state index in [0.717, 1.165) is 90.3 Å². The van der Waals surface area contributed by atoms with Crippen LogP contribution in [0.3, 0.4) is 0 Å². The maximum Gasteiger partial charge on any atom is 0.256 e. The van der Waals surface area contributed by atoms with Gasteiger partial charge in [-0.3, -0.25) is 9.97 Å². The third-order valence-corrected chi connectivity index (χ3v) is 22.7. The molecule has 0 saturated carbocycles. The molecule has 16 aromatic rings. The van der Waals surface area contributed by atoms with Crippen molar-refractivity contribution in [3.8, 4) is 45.4 Å². The SMILES string of the molecule is CC(C)(C)c1cc(-c2cccc(C(C)(C)C)n2)c(N2c3cc(-n4c5ccccc5c5c6sc7ccccc7c6ccc54)ccc3B3c4ccc(-n5c6ccccc6c6c7sc8ccccc8c7ccc65)cc4Oc4cc(C(C)(C)C)cc2c43)c(-c2cccc(C(C)(C)C)n2)c1. The fourth-order valence-corrected chi connectivity index (χ4v) is 17.9. The third-order valence-electron chi connectivity index (χ3n) is 20.3. The van der Waals surface area contributed by atoms with Gasteiger partial charge in [0.2, 0.25) is 0 Å². The minimum Gasteiger partial charge on any atom is -0.458 e. The zero-order valence-corrected chi connectivity index (χ0v) is 57.5. The summed E-state index contributed by atoms with van der Waals surface area (Å²) in [5.41, 5.74) is 20.8. The van der Waals surface area contributed by atoms with E-state index in [9.17, 15) is 0 Å². The number of benzene rings is 10. The smallest absolute Gasteiger partial charge is 0.256 e. The van der Waals surface area contributed by atoms with Crippen LogP contribution in [0.1, 0.15) is 106 Å². The molecule has 0 N–H and O–H groups in total. The summed E-state index contributed by atoms with van der Waals surface area (Å²) in [4.78, 5) is 14.1. The second-order valence-corrected chi connectivity index (χ2v) is 32.7. The Balaban J connectivity index is 0.951. The van der Waals surface area contributed by atoms with Gasteiger partial charge in [-0.1, -0.05) is 192 Å². The lowest BCUT2D eigenvalue weighted by molar-refractivity contribution is 0.483. The molecule has 0 amide bonds. The van der Waals surface area contributed by atoms with Crippen LogP contribution in [0.25, 0.3) is 118 Å². The molecule has 462 valence electrons. The Morgan fingerprint density at radius 3 is 1.36 bits per heavy atom. The highest BCUT2D eigenvalue weighted by molar-refractivity contribution is 7.27. The Kier molecular flexibility index (Phi) is 12.4. The van der Waals surface area contributed by atoms with Crippen LogP contribution in [-0.2, 0) is 21.7 Å². The molecule has 0 unspecified atom stereocenters. The predicted molar refractivity (Wildman–Crippen MR) is 408 cm³/mol. The summed E-state index contributed by atoms with van der Waals surface area (Å²) in [7, 11) is 0. The number of aromatic nitrogens is 4. The van der Waals surface area contributed by atoms with Crippen molar-refractivity contribution in [2.24, 2.45) is 0 Å². The summed E-state index contributed by atoms with van der Waals surface area (Å²) in [5.74, 6) is 1.72. The largest absolute Gasteiger partial charge is 0.458 e. The number of hydrogen-bond donors (Lipinski definition) is 0. The van der Waals surface area contributed by atoms with E-state index in [1.807, 2.05) is 22.7 Å². The lowest BCUT2D eigenvalue weighted by Gasteiger charge is -2.42. The van der Waals surface area contributed by atoms with Gasteiger partial charge in [0.25, 0.3) is 6.71 Å². The van der Waals surface area contributed by atoms with Crippen molar-refractivity contribution in [1.82, 2.24) is 19.1 Å². The van der Waals surface area contributed by atoms with Crippen LogP contribution in [-0.4, -0.2) is 25.8 Å². The molecule has 0 spiro atoms. The molecule has 0 radical (unpaired) electrons. The Bertz CT molecular complexity index is 5890. The molecule has 18 rings (SSSR count). The summed E-state index contributed by atoms with van der Waals surface area (Å²) < 4.78 is 17.9. The van der Waals surface area contributed by atoms with Crippen LogP contribution in [0.4, 0.5) is 17.1 Å². The number of para-hydroxylation sites is 2.